The Bertz CT molecular complexity index is 415. The zero-order valence-electron chi connectivity index (χ0n) is 12.2. The minimum Gasteiger partial charge on any atom is -0.365 e. The molecule has 2 atom stereocenters. The van der Waals surface area contributed by atoms with Crippen LogP contribution in [0.25, 0.3) is 0 Å². The van der Waals surface area contributed by atoms with Crippen LogP contribution in [0.1, 0.15) is 44.6 Å². The van der Waals surface area contributed by atoms with E-state index in [1.807, 2.05) is 0 Å². The molecule has 2 saturated heterocycles. The molecule has 0 radical (unpaired) electrons. The van der Waals surface area contributed by atoms with E-state index >= 15 is 0 Å². The van der Waals surface area contributed by atoms with Gasteiger partial charge in [0.05, 0.1) is 0 Å². The molecule has 19 heavy (non-hydrogen) atoms. The van der Waals surface area contributed by atoms with E-state index < -0.39 is 0 Å². The molecule has 0 saturated carbocycles. The van der Waals surface area contributed by atoms with Crippen molar-refractivity contribution in [3.63, 3.8) is 0 Å². The lowest BCUT2D eigenvalue weighted by atomic mass is 9.95. The van der Waals surface area contributed by atoms with Crippen LogP contribution in [0.15, 0.2) is 24.3 Å². The van der Waals surface area contributed by atoms with Crippen LogP contribution in [0.3, 0.4) is 0 Å². The molecule has 2 bridgehead atoms. The fraction of sp³-hybridized carbons (Fsp3) is 0.647. The van der Waals surface area contributed by atoms with Crippen molar-refractivity contribution >= 4 is 5.69 Å². The zero-order valence-corrected chi connectivity index (χ0v) is 12.2. The number of piperidine rings is 1. The maximum atomic E-state index is 3.73. The molecule has 2 heterocycles. The van der Waals surface area contributed by atoms with E-state index in [-0.39, 0.29) is 0 Å². The third-order valence-electron chi connectivity index (χ3n) is 4.81. The smallest absolute Gasteiger partial charge is 0.0400 e. The van der Waals surface area contributed by atoms with Gasteiger partial charge in [-0.05, 0) is 57.2 Å². The normalized spacial score (nSPS) is 29.8. The van der Waals surface area contributed by atoms with E-state index in [2.05, 4.69) is 48.3 Å². The molecule has 2 heteroatoms. The predicted octanol–water partition coefficient (Wildman–Crippen LogP) is 3.49. The first-order valence-electron chi connectivity index (χ1n) is 7.87. The van der Waals surface area contributed by atoms with Crippen LogP contribution in [-0.4, -0.2) is 24.7 Å². The van der Waals surface area contributed by atoms with E-state index in [4.69, 9.17) is 0 Å². The molecule has 2 aliphatic heterocycles. The first-order valence-corrected chi connectivity index (χ1v) is 7.87. The standard InChI is InChI=1S/C17H26N2/c1-3-10-18-14-11-15-8-9-16(12-14)19(15)17-7-5-4-6-13(17)2/h4-7,14-16,18H,3,8-12H2,1-2H3. The van der Waals surface area contributed by atoms with Gasteiger partial charge >= 0.3 is 0 Å². The number of para-hydroxylation sites is 1. The fourth-order valence-electron chi connectivity index (χ4n) is 3.94. The van der Waals surface area contributed by atoms with Gasteiger partial charge in [0, 0.05) is 23.8 Å². The molecular formula is C17H26N2. The average Bonchev–Trinajstić information content (AvgIpc) is 2.68. The first-order chi connectivity index (χ1) is 9.29. The van der Waals surface area contributed by atoms with E-state index in [9.17, 15) is 0 Å². The summed E-state index contributed by atoms with van der Waals surface area (Å²) in [5.74, 6) is 0. The summed E-state index contributed by atoms with van der Waals surface area (Å²) >= 11 is 0. The van der Waals surface area contributed by atoms with Crippen LogP contribution in [0, 0.1) is 6.92 Å². The number of nitrogens with zero attached hydrogens (tertiary/aromatic N) is 1. The van der Waals surface area contributed by atoms with Crippen LogP contribution >= 0.6 is 0 Å². The summed E-state index contributed by atoms with van der Waals surface area (Å²) in [7, 11) is 0. The van der Waals surface area contributed by atoms with Gasteiger partial charge in [-0.2, -0.15) is 0 Å². The first kappa shape index (κ1) is 13.0. The van der Waals surface area contributed by atoms with Crippen molar-refractivity contribution in [2.24, 2.45) is 0 Å². The molecule has 0 amide bonds. The van der Waals surface area contributed by atoms with Crippen LogP contribution in [-0.2, 0) is 0 Å². The van der Waals surface area contributed by atoms with Crippen molar-refractivity contribution in [3.05, 3.63) is 29.8 Å². The minimum absolute atomic E-state index is 0.748. The van der Waals surface area contributed by atoms with Gasteiger partial charge < -0.3 is 10.2 Å². The highest BCUT2D eigenvalue weighted by Gasteiger charge is 2.40. The Kier molecular flexibility index (Phi) is 3.79. The van der Waals surface area contributed by atoms with Gasteiger partial charge in [-0.3, -0.25) is 0 Å². The van der Waals surface area contributed by atoms with Gasteiger partial charge in [0.1, 0.15) is 0 Å². The lowest BCUT2D eigenvalue weighted by molar-refractivity contribution is 0.356. The number of anilines is 1. The molecular weight excluding hydrogens is 232 g/mol. The van der Waals surface area contributed by atoms with Crippen molar-refractivity contribution in [2.45, 2.75) is 64.1 Å². The SMILES string of the molecule is CCCNC1CC2CCC(C1)N2c1ccccc1C. The summed E-state index contributed by atoms with van der Waals surface area (Å²) in [5, 5.41) is 3.73. The van der Waals surface area contributed by atoms with Gasteiger partial charge in [0.15, 0.2) is 0 Å². The maximum absolute atomic E-state index is 3.73. The second kappa shape index (κ2) is 5.54. The molecule has 104 valence electrons. The van der Waals surface area contributed by atoms with Crippen LogP contribution in [0.5, 0.6) is 0 Å². The second-order valence-corrected chi connectivity index (χ2v) is 6.20. The van der Waals surface area contributed by atoms with Crippen molar-refractivity contribution in [1.29, 1.82) is 0 Å². The third kappa shape index (κ3) is 2.51. The average molecular weight is 258 g/mol. The maximum Gasteiger partial charge on any atom is 0.0400 e. The quantitative estimate of drug-likeness (QED) is 0.889. The number of nitrogens with one attached hydrogen (secondary N) is 1. The highest BCUT2D eigenvalue weighted by molar-refractivity contribution is 5.56. The number of aryl methyl sites for hydroxylation is 1. The number of benzene rings is 1. The summed E-state index contributed by atoms with van der Waals surface area (Å²) < 4.78 is 0. The van der Waals surface area contributed by atoms with Crippen LogP contribution in [0.4, 0.5) is 5.69 Å². The van der Waals surface area contributed by atoms with Gasteiger partial charge in [0.2, 0.25) is 0 Å². The molecule has 2 nitrogen and oxygen atoms in total. The largest absolute Gasteiger partial charge is 0.365 e. The molecule has 2 aliphatic rings. The van der Waals surface area contributed by atoms with Crippen molar-refractivity contribution in [1.82, 2.24) is 5.32 Å². The Hall–Kier alpha value is -1.02. The summed E-state index contributed by atoms with van der Waals surface area (Å²) in [5.41, 5.74) is 2.91. The van der Waals surface area contributed by atoms with Crippen molar-refractivity contribution in [3.8, 4) is 0 Å². The Balaban J connectivity index is 1.75. The van der Waals surface area contributed by atoms with Gasteiger partial charge in [-0.25, -0.2) is 0 Å². The lowest BCUT2D eigenvalue weighted by Crippen LogP contribution is -2.49. The number of hydrogen-bond acceptors (Lipinski definition) is 2. The van der Waals surface area contributed by atoms with Crippen molar-refractivity contribution in [2.75, 3.05) is 11.4 Å². The predicted molar refractivity (Wildman–Crippen MR) is 81.8 cm³/mol. The number of rotatable bonds is 4. The summed E-state index contributed by atoms with van der Waals surface area (Å²) in [6.07, 6.45) is 6.65. The molecule has 1 N–H and O–H groups in total. The molecule has 0 aromatic heterocycles. The Morgan fingerprint density at radius 2 is 1.84 bits per heavy atom. The molecule has 1 aromatic carbocycles. The van der Waals surface area contributed by atoms with Crippen LogP contribution < -0.4 is 10.2 Å². The van der Waals surface area contributed by atoms with E-state index in [1.165, 1.54) is 49.9 Å². The minimum atomic E-state index is 0.748. The van der Waals surface area contributed by atoms with Gasteiger partial charge in [0.25, 0.3) is 0 Å². The molecule has 3 rings (SSSR count). The Morgan fingerprint density at radius 1 is 1.16 bits per heavy atom. The monoisotopic (exact) mass is 258 g/mol. The van der Waals surface area contributed by atoms with Crippen LogP contribution in [0.2, 0.25) is 0 Å². The topological polar surface area (TPSA) is 15.3 Å². The summed E-state index contributed by atoms with van der Waals surface area (Å²) in [6.45, 7) is 5.68. The van der Waals surface area contributed by atoms with Crippen molar-refractivity contribution < 1.29 is 0 Å². The lowest BCUT2D eigenvalue weighted by Gasteiger charge is -2.41. The molecule has 2 unspecified atom stereocenters. The molecule has 2 fully saturated rings. The third-order valence-corrected chi connectivity index (χ3v) is 4.81. The Labute approximate surface area is 117 Å². The molecule has 0 spiro atoms. The Morgan fingerprint density at radius 3 is 2.47 bits per heavy atom. The van der Waals surface area contributed by atoms with E-state index in [1.54, 1.807) is 0 Å². The summed E-state index contributed by atoms with van der Waals surface area (Å²) in [6, 6.07) is 11.1. The molecule has 0 aliphatic carbocycles. The highest BCUT2D eigenvalue weighted by Crippen LogP contribution is 2.40. The highest BCUT2D eigenvalue weighted by atomic mass is 15.2. The fourth-order valence-corrected chi connectivity index (χ4v) is 3.94. The molecule has 1 aromatic rings. The second-order valence-electron chi connectivity index (χ2n) is 6.20. The number of hydrogen-bond donors (Lipinski definition) is 1. The zero-order chi connectivity index (χ0) is 13.2. The summed E-state index contributed by atoms with van der Waals surface area (Å²) in [4.78, 5) is 2.72. The van der Waals surface area contributed by atoms with E-state index in [0.29, 0.717) is 0 Å². The van der Waals surface area contributed by atoms with Gasteiger partial charge in [-0.15, -0.1) is 0 Å². The number of fused-ring (bicyclic) bond motifs is 2. The van der Waals surface area contributed by atoms with Gasteiger partial charge in [-0.1, -0.05) is 25.1 Å². The van der Waals surface area contributed by atoms with E-state index in [0.717, 1.165) is 18.1 Å².